The van der Waals surface area contributed by atoms with Crippen LogP contribution in [0.4, 0.5) is 0 Å². The Hall–Kier alpha value is -1.59. The summed E-state index contributed by atoms with van der Waals surface area (Å²) in [6.45, 7) is 8.26. The zero-order chi connectivity index (χ0) is 36.3. The van der Waals surface area contributed by atoms with Gasteiger partial charge in [-0.05, 0) is 32.1 Å². The van der Waals surface area contributed by atoms with E-state index in [4.69, 9.17) is 5.73 Å². The van der Waals surface area contributed by atoms with E-state index >= 15 is 0 Å². The lowest BCUT2D eigenvalue weighted by Crippen LogP contribution is -2.25. The standard InChI is InChI=1S/C27H54N2O2.C16H33NO/c1-3-5-7-8-9-10-11-12-13-14-15-16-18-22-26(30)29-25-21-17-19-23-27(31)28-24-20-6-4-2;1-2-3-4-5-6-7-8-9-10-11-12-13-14-15-16(17)18/h3-25H2,1-2H3,(H,28,31)(H,29,30);2-15H2,1H3,(H2,17,18). The van der Waals surface area contributed by atoms with Gasteiger partial charge in [0, 0.05) is 32.4 Å². The highest BCUT2D eigenvalue weighted by molar-refractivity contribution is 5.76. The van der Waals surface area contributed by atoms with Crippen LogP contribution in [0.3, 0.4) is 0 Å². The summed E-state index contributed by atoms with van der Waals surface area (Å²) < 4.78 is 0. The zero-order valence-corrected chi connectivity index (χ0v) is 33.5. The van der Waals surface area contributed by atoms with Crippen molar-refractivity contribution in [3.63, 3.8) is 0 Å². The van der Waals surface area contributed by atoms with Crippen LogP contribution in [-0.4, -0.2) is 30.8 Å². The predicted octanol–water partition coefficient (Wildman–Crippen LogP) is 12.4. The van der Waals surface area contributed by atoms with Crippen LogP contribution in [0, 0.1) is 0 Å². The van der Waals surface area contributed by atoms with Gasteiger partial charge < -0.3 is 16.4 Å². The second-order valence-corrected chi connectivity index (χ2v) is 14.7. The van der Waals surface area contributed by atoms with Crippen LogP contribution in [0.1, 0.15) is 245 Å². The molecule has 292 valence electrons. The summed E-state index contributed by atoms with van der Waals surface area (Å²) in [6, 6.07) is 0. The Morgan fingerprint density at radius 2 is 0.551 bits per heavy atom. The fraction of sp³-hybridized carbons (Fsp3) is 0.930. The molecule has 4 N–H and O–H groups in total. The summed E-state index contributed by atoms with van der Waals surface area (Å²) in [5.74, 6) is 0.206. The molecule has 0 aromatic carbocycles. The molecule has 0 aliphatic carbocycles. The molecule has 0 unspecified atom stereocenters. The fourth-order valence-electron chi connectivity index (χ4n) is 6.22. The van der Waals surface area contributed by atoms with Crippen LogP contribution >= 0.6 is 0 Å². The van der Waals surface area contributed by atoms with Crippen LogP contribution in [0.2, 0.25) is 0 Å². The molecule has 0 radical (unpaired) electrons. The van der Waals surface area contributed by atoms with Crippen LogP contribution in [0.25, 0.3) is 0 Å². The molecule has 0 atom stereocenters. The Morgan fingerprint density at radius 1 is 0.327 bits per heavy atom. The van der Waals surface area contributed by atoms with E-state index in [1.807, 2.05) is 0 Å². The van der Waals surface area contributed by atoms with Gasteiger partial charge in [-0.1, -0.05) is 194 Å². The van der Waals surface area contributed by atoms with Gasteiger partial charge in [0.2, 0.25) is 17.7 Å². The normalized spacial score (nSPS) is 10.8. The fourth-order valence-corrected chi connectivity index (χ4v) is 6.22. The molecule has 6 heteroatoms. The maximum atomic E-state index is 11.9. The lowest BCUT2D eigenvalue weighted by atomic mass is 10.0. The topological polar surface area (TPSA) is 101 Å². The van der Waals surface area contributed by atoms with E-state index in [0.29, 0.717) is 19.3 Å². The maximum absolute atomic E-state index is 11.9. The van der Waals surface area contributed by atoms with Gasteiger partial charge in [0.25, 0.3) is 0 Å². The van der Waals surface area contributed by atoms with Crippen molar-refractivity contribution in [1.82, 2.24) is 10.6 Å². The van der Waals surface area contributed by atoms with E-state index in [2.05, 4.69) is 31.4 Å². The van der Waals surface area contributed by atoms with Crippen LogP contribution < -0.4 is 16.4 Å². The lowest BCUT2D eigenvalue weighted by Gasteiger charge is -2.06. The molecule has 0 aromatic heterocycles. The first kappa shape index (κ1) is 49.5. The Morgan fingerprint density at radius 3 is 0.857 bits per heavy atom. The van der Waals surface area contributed by atoms with E-state index in [-0.39, 0.29) is 17.7 Å². The zero-order valence-electron chi connectivity index (χ0n) is 33.5. The first-order valence-corrected chi connectivity index (χ1v) is 21.8. The predicted molar refractivity (Wildman–Crippen MR) is 214 cm³/mol. The second kappa shape index (κ2) is 44.4. The number of carbonyl (C=O) groups is 3. The van der Waals surface area contributed by atoms with Crippen molar-refractivity contribution >= 4 is 17.7 Å². The number of unbranched alkanes of at least 4 members (excludes halogenated alkanes) is 28. The average Bonchev–Trinajstić information content (AvgIpc) is 3.09. The molecule has 0 aromatic rings. The lowest BCUT2D eigenvalue weighted by molar-refractivity contribution is -0.122. The number of nitrogens with one attached hydrogen (secondary N) is 2. The summed E-state index contributed by atoms with van der Waals surface area (Å²) in [7, 11) is 0. The second-order valence-electron chi connectivity index (χ2n) is 14.7. The van der Waals surface area contributed by atoms with E-state index in [9.17, 15) is 14.4 Å². The van der Waals surface area contributed by atoms with Gasteiger partial charge in [-0.2, -0.15) is 0 Å². The molecule has 0 saturated carbocycles. The number of primary amides is 1. The van der Waals surface area contributed by atoms with Gasteiger partial charge in [0.1, 0.15) is 0 Å². The highest BCUT2D eigenvalue weighted by Gasteiger charge is 2.03. The van der Waals surface area contributed by atoms with E-state index < -0.39 is 0 Å². The minimum absolute atomic E-state index is 0.155. The molecule has 6 nitrogen and oxygen atoms in total. The summed E-state index contributed by atoms with van der Waals surface area (Å²) in [5, 5.41) is 6.00. The minimum atomic E-state index is -0.155. The van der Waals surface area contributed by atoms with Crippen molar-refractivity contribution in [2.45, 2.75) is 245 Å². The third-order valence-corrected chi connectivity index (χ3v) is 9.54. The van der Waals surface area contributed by atoms with Crippen molar-refractivity contribution < 1.29 is 14.4 Å². The summed E-state index contributed by atoms with van der Waals surface area (Å²) in [4.78, 5) is 34.1. The Labute approximate surface area is 306 Å². The van der Waals surface area contributed by atoms with Crippen molar-refractivity contribution in [2.24, 2.45) is 5.73 Å². The molecule has 0 saturated heterocycles. The molecule has 0 spiro atoms. The highest BCUT2D eigenvalue weighted by Crippen LogP contribution is 2.14. The number of hydrogen-bond donors (Lipinski definition) is 3. The summed E-state index contributed by atoms with van der Waals surface area (Å²) in [6.07, 6.45) is 42.9. The number of rotatable bonds is 38. The van der Waals surface area contributed by atoms with E-state index in [1.54, 1.807) is 0 Å². The van der Waals surface area contributed by atoms with Gasteiger partial charge in [-0.15, -0.1) is 0 Å². The summed E-state index contributed by atoms with van der Waals surface area (Å²) >= 11 is 0. The van der Waals surface area contributed by atoms with Crippen LogP contribution in [0.15, 0.2) is 0 Å². The summed E-state index contributed by atoms with van der Waals surface area (Å²) in [5.41, 5.74) is 5.09. The number of nitrogens with two attached hydrogens (primary N) is 1. The number of hydrogen-bond acceptors (Lipinski definition) is 3. The maximum Gasteiger partial charge on any atom is 0.219 e. The van der Waals surface area contributed by atoms with Crippen molar-refractivity contribution in [3.05, 3.63) is 0 Å². The molecule has 0 fully saturated rings. The van der Waals surface area contributed by atoms with Crippen molar-refractivity contribution in [3.8, 4) is 0 Å². The van der Waals surface area contributed by atoms with Crippen molar-refractivity contribution in [2.75, 3.05) is 13.1 Å². The highest BCUT2D eigenvalue weighted by atomic mass is 16.2. The van der Waals surface area contributed by atoms with E-state index in [0.717, 1.165) is 51.6 Å². The first-order valence-electron chi connectivity index (χ1n) is 21.8. The SMILES string of the molecule is CCCCCCCCCCCCCCCC(=O)NCCCCCC(=O)NCCCCC.CCCCCCCCCCCCCCCC(N)=O. The molecular weight excluding hydrogens is 606 g/mol. The Balaban J connectivity index is 0. The van der Waals surface area contributed by atoms with Gasteiger partial charge in [-0.3, -0.25) is 14.4 Å². The monoisotopic (exact) mass is 694 g/mol. The molecule has 3 amide bonds. The molecular formula is C43H87N3O3. The Kier molecular flexibility index (Phi) is 44.9. The van der Waals surface area contributed by atoms with E-state index in [1.165, 1.54) is 167 Å². The minimum Gasteiger partial charge on any atom is -0.370 e. The van der Waals surface area contributed by atoms with Crippen molar-refractivity contribution in [1.29, 1.82) is 0 Å². The average molecular weight is 694 g/mol. The van der Waals surface area contributed by atoms with Crippen LogP contribution in [0.5, 0.6) is 0 Å². The quantitative estimate of drug-likeness (QED) is 0.0561. The molecule has 0 bridgehead atoms. The molecule has 0 heterocycles. The molecule has 0 aliphatic heterocycles. The first-order chi connectivity index (χ1) is 24.0. The molecule has 0 rings (SSSR count). The van der Waals surface area contributed by atoms with Gasteiger partial charge in [-0.25, -0.2) is 0 Å². The number of amides is 3. The third-order valence-electron chi connectivity index (χ3n) is 9.54. The van der Waals surface area contributed by atoms with Gasteiger partial charge >= 0.3 is 0 Å². The largest absolute Gasteiger partial charge is 0.370 e. The van der Waals surface area contributed by atoms with Gasteiger partial charge in [0.15, 0.2) is 0 Å². The molecule has 49 heavy (non-hydrogen) atoms. The molecule has 0 aliphatic rings. The Bertz CT molecular complexity index is 685. The third kappa shape index (κ3) is 48.6. The number of carbonyl (C=O) groups excluding carboxylic acids is 3. The van der Waals surface area contributed by atoms with Gasteiger partial charge in [0.05, 0.1) is 0 Å². The van der Waals surface area contributed by atoms with Crippen LogP contribution in [-0.2, 0) is 14.4 Å². The smallest absolute Gasteiger partial charge is 0.219 e.